The third-order valence-corrected chi connectivity index (χ3v) is 1.70. The third kappa shape index (κ3) is 1.07. The van der Waals surface area contributed by atoms with E-state index in [4.69, 9.17) is 0 Å². The van der Waals surface area contributed by atoms with Gasteiger partial charge in [-0.1, -0.05) is 24.3 Å². The molecule has 1 radical (unpaired) electrons. The maximum atomic E-state index is 3.78. The largest absolute Gasteiger partial charge is 0.207 e. The molecule has 4 nitrogen and oxygen atoms in total. The van der Waals surface area contributed by atoms with Gasteiger partial charge in [-0.25, -0.2) is 0 Å². The lowest BCUT2D eigenvalue weighted by molar-refractivity contribution is 0.923. The zero-order valence-corrected chi connectivity index (χ0v) is 6.60. The van der Waals surface area contributed by atoms with Crippen LogP contribution in [0, 0.1) is 6.92 Å². The van der Waals surface area contributed by atoms with E-state index >= 15 is 0 Å². The minimum atomic E-state index is 0.591. The molecule has 59 valence electrons. The molecule has 0 N–H and O–H groups in total. The molecule has 0 saturated carbocycles. The van der Waals surface area contributed by atoms with Crippen molar-refractivity contribution in [2.75, 3.05) is 0 Å². The first-order chi connectivity index (χ1) is 5.88. The number of amidine groups is 1. The Hall–Kier alpha value is -1.71. The smallest absolute Gasteiger partial charge is 0.106 e. The Morgan fingerprint density at radius 1 is 1.08 bits per heavy atom. The quantitative estimate of drug-likeness (QED) is 0.598. The molecular formula is C8H7N4. The van der Waals surface area contributed by atoms with Crippen molar-refractivity contribution in [1.29, 1.82) is 0 Å². The summed E-state index contributed by atoms with van der Waals surface area (Å²) in [5, 5.41) is 10.6. The first-order valence-corrected chi connectivity index (χ1v) is 3.62. The first kappa shape index (κ1) is 6.97. The first-order valence-electron chi connectivity index (χ1n) is 3.62. The monoisotopic (exact) mass is 159 g/mol. The van der Waals surface area contributed by atoms with Crippen LogP contribution in [0.3, 0.4) is 0 Å². The molecule has 1 aromatic rings. The van der Waals surface area contributed by atoms with Gasteiger partial charge in [0.15, 0.2) is 0 Å². The maximum absolute atomic E-state index is 3.78. The minimum Gasteiger partial charge on any atom is -0.106 e. The van der Waals surface area contributed by atoms with Crippen LogP contribution in [0.4, 0.5) is 0 Å². The van der Waals surface area contributed by atoms with Crippen LogP contribution in [0.2, 0.25) is 0 Å². The van der Waals surface area contributed by atoms with Crippen molar-refractivity contribution in [2.45, 2.75) is 6.92 Å². The van der Waals surface area contributed by atoms with E-state index in [0.29, 0.717) is 5.84 Å². The molecule has 1 heterocycles. The Balaban J connectivity index is 2.40. The van der Waals surface area contributed by atoms with Crippen molar-refractivity contribution in [2.24, 2.45) is 15.5 Å². The molecular weight excluding hydrogens is 152 g/mol. The molecule has 0 fully saturated rings. The molecule has 2 rings (SSSR count). The van der Waals surface area contributed by atoms with Gasteiger partial charge in [-0.05, 0) is 22.9 Å². The Morgan fingerprint density at radius 3 is 2.58 bits per heavy atom. The van der Waals surface area contributed by atoms with E-state index in [0.717, 1.165) is 11.1 Å². The van der Waals surface area contributed by atoms with Crippen LogP contribution in [-0.4, -0.2) is 5.84 Å². The van der Waals surface area contributed by atoms with Crippen LogP contribution in [-0.2, 0) is 0 Å². The number of nitrogens with zero attached hydrogens (tertiary/aromatic N) is 4. The second-order valence-corrected chi connectivity index (χ2v) is 2.52. The molecule has 0 aromatic heterocycles. The Kier molecular flexibility index (Phi) is 1.59. The topological polar surface area (TPSA) is 51.2 Å². The molecule has 1 aromatic carbocycles. The van der Waals surface area contributed by atoms with Gasteiger partial charge in [0.05, 0.1) is 0 Å². The molecule has 0 unspecified atom stereocenters. The van der Waals surface area contributed by atoms with Crippen LogP contribution in [0.15, 0.2) is 39.8 Å². The normalized spacial score (nSPS) is 14.2. The summed E-state index contributed by atoms with van der Waals surface area (Å²) in [7, 11) is 0. The lowest BCUT2D eigenvalue weighted by Crippen LogP contribution is -2.09. The van der Waals surface area contributed by atoms with Crippen molar-refractivity contribution in [3.05, 3.63) is 35.4 Å². The van der Waals surface area contributed by atoms with E-state index in [1.807, 2.05) is 31.2 Å². The van der Waals surface area contributed by atoms with Gasteiger partial charge in [0, 0.05) is 5.56 Å². The summed E-state index contributed by atoms with van der Waals surface area (Å²) in [4.78, 5) is 0. The van der Waals surface area contributed by atoms with Crippen molar-refractivity contribution >= 4 is 5.84 Å². The number of rotatable bonds is 1. The predicted octanol–water partition coefficient (Wildman–Crippen LogP) is 1.64. The highest BCUT2D eigenvalue weighted by Gasteiger charge is 2.10. The highest BCUT2D eigenvalue weighted by atomic mass is 15.6. The summed E-state index contributed by atoms with van der Waals surface area (Å²) >= 11 is 0. The highest BCUT2D eigenvalue weighted by Crippen LogP contribution is 2.10. The van der Waals surface area contributed by atoms with E-state index in [1.54, 1.807) is 0 Å². The second-order valence-electron chi connectivity index (χ2n) is 2.52. The minimum absolute atomic E-state index is 0.591. The van der Waals surface area contributed by atoms with Gasteiger partial charge >= 0.3 is 0 Å². The van der Waals surface area contributed by atoms with E-state index in [-0.39, 0.29) is 0 Å². The van der Waals surface area contributed by atoms with Gasteiger partial charge in [-0.3, -0.25) is 0 Å². The molecule has 0 atom stereocenters. The summed E-state index contributed by atoms with van der Waals surface area (Å²) in [6.07, 6.45) is 0. The fraction of sp³-hybridized carbons (Fsp3) is 0.125. The van der Waals surface area contributed by atoms with Gasteiger partial charge < -0.3 is 0 Å². The summed E-state index contributed by atoms with van der Waals surface area (Å²) in [5.41, 5.74) is 5.90. The second kappa shape index (κ2) is 2.73. The van der Waals surface area contributed by atoms with E-state index < -0.39 is 0 Å². The zero-order valence-electron chi connectivity index (χ0n) is 6.60. The molecule has 1 aliphatic rings. The van der Waals surface area contributed by atoms with Crippen molar-refractivity contribution < 1.29 is 0 Å². The van der Waals surface area contributed by atoms with Gasteiger partial charge in [-0.2, -0.15) is 0 Å². The third-order valence-electron chi connectivity index (χ3n) is 1.70. The summed E-state index contributed by atoms with van der Waals surface area (Å²) in [5.74, 6) is 0.591. The molecule has 1 aliphatic heterocycles. The Labute approximate surface area is 70.0 Å². The van der Waals surface area contributed by atoms with Gasteiger partial charge in [0.25, 0.3) is 0 Å². The van der Waals surface area contributed by atoms with E-state index in [9.17, 15) is 0 Å². The molecule has 0 aliphatic carbocycles. The SMILES string of the molecule is Cc1ccccc1C1=NN=N[N]1. The average molecular weight is 159 g/mol. The predicted molar refractivity (Wildman–Crippen MR) is 44.7 cm³/mol. The fourth-order valence-electron chi connectivity index (χ4n) is 1.08. The van der Waals surface area contributed by atoms with Gasteiger partial charge in [0.1, 0.15) is 0 Å². The van der Waals surface area contributed by atoms with Gasteiger partial charge in [0.2, 0.25) is 5.84 Å². The van der Waals surface area contributed by atoms with Crippen LogP contribution >= 0.6 is 0 Å². The molecule has 0 amide bonds. The number of hydrogen-bond acceptors (Lipinski definition) is 3. The summed E-state index contributed by atoms with van der Waals surface area (Å²) < 4.78 is 0. The lowest BCUT2D eigenvalue weighted by atomic mass is 10.1. The van der Waals surface area contributed by atoms with Crippen molar-refractivity contribution in [3.8, 4) is 0 Å². The molecule has 12 heavy (non-hydrogen) atoms. The summed E-state index contributed by atoms with van der Waals surface area (Å²) in [6, 6.07) is 7.88. The Bertz CT molecular complexity index is 354. The molecule has 0 spiro atoms. The molecule has 4 heteroatoms. The summed E-state index contributed by atoms with van der Waals surface area (Å²) in [6.45, 7) is 2.01. The van der Waals surface area contributed by atoms with Crippen LogP contribution in [0.5, 0.6) is 0 Å². The lowest BCUT2D eigenvalue weighted by Gasteiger charge is -2.00. The number of hydrogen-bond donors (Lipinski definition) is 0. The standard InChI is InChI=1S/C8H7N4/c1-6-4-2-3-5-7(6)8-9-11-12-10-8/h2-5H,1H3. The maximum Gasteiger partial charge on any atom is 0.207 e. The van der Waals surface area contributed by atoms with Crippen molar-refractivity contribution in [1.82, 2.24) is 5.43 Å². The van der Waals surface area contributed by atoms with Crippen LogP contribution in [0.1, 0.15) is 11.1 Å². The van der Waals surface area contributed by atoms with Crippen LogP contribution < -0.4 is 5.43 Å². The van der Waals surface area contributed by atoms with Crippen LogP contribution in [0.25, 0.3) is 0 Å². The highest BCUT2D eigenvalue weighted by molar-refractivity contribution is 5.99. The van der Waals surface area contributed by atoms with E-state index in [2.05, 4.69) is 21.0 Å². The number of benzene rings is 1. The Morgan fingerprint density at radius 2 is 1.92 bits per heavy atom. The van der Waals surface area contributed by atoms with Crippen molar-refractivity contribution in [3.63, 3.8) is 0 Å². The fourth-order valence-corrected chi connectivity index (χ4v) is 1.08. The number of aryl methyl sites for hydroxylation is 1. The zero-order chi connectivity index (χ0) is 8.39. The van der Waals surface area contributed by atoms with E-state index in [1.165, 1.54) is 0 Å². The molecule has 0 saturated heterocycles. The van der Waals surface area contributed by atoms with Gasteiger partial charge in [-0.15, -0.1) is 10.5 Å². The average Bonchev–Trinajstić information content (AvgIpc) is 2.57. The molecule has 0 bridgehead atoms.